The molecule has 0 bridgehead atoms. The van der Waals surface area contributed by atoms with Crippen LogP contribution in [0.2, 0.25) is 0 Å². The summed E-state index contributed by atoms with van der Waals surface area (Å²) in [6.45, 7) is 2.67. The van der Waals surface area contributed by atoms with E-state index >= 15 is 0 Å². The molecular weight excluding hydrogens is 595 g/mol. The number of benzene rings is 1. The number of hydrogen-bond donors (Lipinski definition) is 1. The minimum absolute atomic E-state index is 0.00270. The van der Waals surface area contributed by atoms with Crippen LogP contribution in [0.25, 0.3) is 22.6 Å². The number of anilines is 2. The van der Waals surface area contributed by atoms with E-state index in [0.29, 0.717) is 47.2 Å². The number of nitrogens with one attached hydrogen (secondary N) is 1. The third-order valence-electron chi connectivity index (χ3n) is 10.1. The predicted molar refractivity (Wildman–Crippen MR) is 166 cm³/mol. The van der Waals surface area contributed by atoms with Crippen molar-refractivity contribution >= 4 is 17.5 Å². The molecule has 4 aliphatic rings. The van der Waals surface area contributed by atoms with Gasteiger partial charge in [0.1, 0.15) is 18.0 Å². The highest BCUT2D eigenvalue weighted by Gasteiger charge is 2.48. The fraction of sp³-hybridized carbons (Fsp3) is 0.485. The number of alkyl halides is 3. The van der Waals surface area contributed by atoms with Gasteiger partial charge in [-0.2, -0.15) is 18.3 Å². The first-order chi connectivity index (χ1) is 22.1. The van der Waals surface area contributed by atoms with E-state index in [1.807, 2.05) is 20.2 Å². The summed E-state index contributed by atoms with van der Waals surface area (Å²) < 4.78 is 47.1. The molecule has 240 valence electrons. The first-order valence-corrected chi connectivity index (χ1v) is 16.0. The summed E-state index contributed by atoms with van der Waals surface area (Å²) in [6, 6.07) is 6.55. The molecule has 13 heteroatoms. The Balaban J connectivity index is 1.17. The molecule has 2 aliphatic heterocycles. The van der Waals surface area contributed by atoms with E-state index < -0.39 is 17.6 Å². The summed E-state index contributed by atoms with van der Waals surface area (Å²) in [5.74, 6) is 1.66. The average Bonchev–Trinajstić information content (AvgIpc) is 3.80. The van der Waals surface area contributed by atoms with Crippen LogP contribution in [0.4, 0.5) is 24.8 Å². The zero-order valence-electron chi connectivity index (χ0n) is 25.9. The highest BCUT2D eigenvalue weighted by Crippen LogP contribution is 2.53. The van der Waals surface area contributed by atoms with Gasteiger partial charge in [-0.25, -0.2) is 4.98 Å². The van der Waals surface area contributed by atoms with Gasteiger partial charge in [0.25, 0.3) is 5.91 Å². The van der Waals surface area contributed by atoms with Crippen molar-refractivity contribution in [1.82, 2.24) is 34.4 Å². The van der Waals surface area contributed by atoms with Gasteiger partial charge in [0.05, 0.1) is 29.6 Å². The minimum atomic E-state index is -4.59. The van der Waals surface area contributed by atoms with Gasteiger partial charge in [-0.05, 0) is 79.0 Å². The number of likely N-dealkylation sites (tertiary alicyclic amines) is 1. The molecule has 3 aromatic heterocycles. The Morgan fingerprint density at radius 2 is 1.89 bits per heavy atom. The van der Waals surface area contributed by atoms with Gasteiger partial charge in [-0.1, -0.05) is 12.8 Å². The van der Waals surface area contributed by atoms with E-state index in [-0.39, 0.29) is 23.5 Å². The maximum absolute atomic E-state index is 14.5. The van der Waals surface area contributed by atoms with Crippen LogP contribution >= 0.6 is 0 Å². The van der Waals surface area contributed by atoms with Crippen LogP contribution < -0.4 is 10.2 Å². The van der Waals surface area contributed by atoms with E-state index in [9.17, 15) is 18.0 Å². The van der Waals surface area contributed by atoms with Gasteiger partial charge in [-0.15, -0.1) is 10.2 Å². The standard InChI is InChI=1S/C33H36F3N9O/c1-42-19-38-41-30(42)24-15-39-43(2)29(24)22-13-27(37-9-5-20-3-4-20)40-28(14-22)45-17-25-23(31(45)46)11-21(12-26(25)33(34,35)36)16-44-10-8-32(18-44)6-7-32/h11-15,19-20H,3-10,16-18H2,1-2H3,(H,37,40). The van der Waals surface area contributed by atoms with Crippen molar-refractivity contribution in [2.45, 2.75) is 57.8 Å². The van der Waals surface area contributed by atoms with E-state index in [0.717, 1.165) is 37.2 Å². The molecule has 4 aromatic rings. The summed E-state index contributed by atoms with van der Waals surface area (Å²) in [5.41, 5.74) is 2.40. The van der Waals surface area contributed by atoms with Crippen LogP contribution in [0.5, 0.6) is 0 Å². The molecular formula is C33H36F3N9O. The van der Waals surface area contributed by atoms with Crippen molar-refractivity contribution < 1.29 is 18.0 Å². The summed E-state index contributed by atoms with van der Waals surface area (Å²) in [7, 11) is 3.66. The fourth-order valence-corrected chi connectivity index (χ4v) is 7.17. The molecule has 1 spiro atoms. The van der Waals surface area contributed by atoms with Crippen LogP contribution in [0.15, 0.2) is 36.8 Å². The monoisotopic (exact) mass is 631 g/mol. The Labute approximate surface area is 264 Å². The molecule has 0 atom stereocenters. The molecule has 5 heterocycles. The van der Waals surface area contributed by atoms with Crippen molar-refractivity contribution in [3.63, 3.8) is 0 Å². The van der Waals surface area contributed by atoms with Crippen LogP contribution in [0.1, 0.15) is 65.6 Å². The number of aromatic nitrogens is 6. The molecule has 2 saturated carbocycles. The van der Waals surface area contributed by atoms with Gasteiger partial charge in [-0.3, -0.25) is 19.3 Å². The van der Waals surface area contributed by atoms with Crippen molar-refractivity contribution in [3.05, 3.63) is 59.0 Å². The molecule has 3 fully saturated rings. The van der Waals surface area contributed by atoms with Crippen molar-refractivity contribution in [3.8, 4) is 22.6 Å². The smallest absolute Gasteiger partial charge is 0.370 e. The molecule has 10 nitrogen and oxygen atoms in total. The molecule has 8 rings (SSSR count). The predicted octanol–water partition coefficient (Wildman–Crippen LogP) is 5.65. The van der Waals surface area contributed by atoms with E-state index in [1.54, 1.807) is 33.9 Å². The number of halogens is 3. The molecule has 1 aromatic carbocycles. The van der Waals surface area contributed by atoms with Gasteiger partial charge in [0.2, 0.25) is 0 Å². The lowest BCUT2D eigenvalue weighted by atomic mass is 9.98. The number of nitrogens with zero attached hydrogens (tertiary/aromatic N) is 8. The van der Waals surface area contributed by atoms with Crippen molar-refractivity contribution in [2.75, 3.05) is 29.9 Å². The first-order valence-electron chi connectivity index (χ1n) is 16.0. The number of rotatable bonds is 9. The zero-order chi connectivity index (χ0) is 31.8. The first kappa shape index (κ1) is 29.2. The van der Waals surface area contributed by atoms with Crippen LogP contribution in [-0.2, 0) is 33.4 Å². The Morgan fingerprint density at radius 1 is 1.07 bits per heavy atom. The van der Waals surface area contributed by atoms with Gasteiger partial charge < -0.3 is 9.88 Å². The largest absolute Gasteiger partial charge is 0.416 e. The molecule has 46 heavy (non-hydrogen) atoms. The summed E-state index contributed by atoms with van der Waals surface area (Å²) in [6.07, 6.45) is 5.64. The third kappa shape index (κ3) is 5.33. The molecule has 2 aliphatic carbocycles. The average molecular weight is 632 g/mol. The fourth-order valence-electron chi connectivity index (χ4n) is 7.17. The lowest BCUT2D eigenvalue weighted by Gasteiger charge is -2.19. The number of pyridine rings is 1. The quantitative estimate of drug-likeness (QED) is 0.255. The van der Waals surface area contributed by atoms with Gasteiger partial charge >= 0.3 is 6.18 Å². The second-order valence-electron chi connectivity index (χ2n) is 13.6. The van der Waals surface area contributed by atoms with Crippen LogP contribution in [0, 0.1) is 11.3 Å². The summed E-state index contributed by atoms with van der Waals surface area (Å²) >= 11 is 0. The SMILES string of the molecule is Cn1cnnc1-c1cnn(C)c1-c1cc(NCCC2CC2)nc(N2Cc3c(cc(CN4CCC5(CC5)C4)cc3C(F)(F)F)C2=O)c1. The molecule has 1 amide bonds. The number of hydrogen-bond acceptors (Lipinski definition) is 7. The molecule has 0 unspecified atom stereocenters. The number of aryl methyl sites for hydroxylation is 2. The Bertz CT molecular complexity index is 1840. The lowest BCUT2D eigenvalue weighted by Crippen LogP contribution is -2.25. The highest BCUT2D eigenvalue weighted by atomic mass is 19.4. The maximum Gasteiger partial charge on any atom is 0.416 e. The van der Waals surface area contributed by atoms with Gasteiger partial charge in [0, 0.05) is 44.9 Å². The van der Waals surface area contributed by atoms with E-state index in [2.05, 4.69) is 25.5 Å². The highest BCUT2D eigenvalue weighted by molar-refractivity contribution is 6.10. The second-order valence-corrected chi connectivity index (χ2v) is 13.6. The lowest BCUT2D eigenvalue weighted by molar-refractivity contribution is -0.138. The Morgan fingerprint density at radius 3 is 2.59 bits per heavy atom. The summed E-state index contributed by atoms with van der Waals surface area (Å²) in [4.78, 5) is 22.4. The van der Waals surface area contributed by atoms with E-state index in [4.69, 9.17) is 4.98 Å². The maximum atomic E-state index is 14.5. The van der Waals surface area contributed by atoms with Gasteiger partial charge in [0.15, 0.2) is 5.82 Å². The molecule has 1 saturated heterocycles. The number of carbonyl (C=O) groups is 1. The van der Waals surface area contributed by atoms with Crippen molar-refractivity contribution in [1.29, 1.82) is 0 Å². The Kier molecular flexibility index (Phi) is 6.75. The van der Waals surface area contributed by atoms with Crippen LogP contribution in [-0.4, -0.2) is 60.0 Å². The Hall–Kier alpha value is -4.26. The van der Waals surface area contributed by atoms with E-state index in [1.165, 1.54) is 36.6 Å². The normalized spacial score (nSPS) is 19.0. The summed E-state index contributed by atoms with van der Waals surface area (Å²) in [5, 5.41) is 16.2. The van der Waals surface area contributed by atoms with Crippen LogP contribution in [0.3, 0.4) is 0 Å². The third-order valence-corrected chi connectivity index (χ3v) is 10.1. The second kappa shape index (κ2) is 10.6. The topological polar surface area (TPSA) is 97.0 Å². The van der Waals surface area contributed by atoms with Crippen molar-refractivity contribution in [2.24, 2.45) is 25.4 Å². The molecule has 1 N–H and O–H groups in total. The zero-order valence-corrected chi connectivity index (χ0v) is 25.9. The number of amides is 1. The number of carbonyl (C=O) groups excluding carboxylic acids is 1. The molecule has 0 radical (unpaired) electrons. The minimum Gasteiger partial charge on any atom is -0.370 e. The number of fused-ring (bicyclic) bond motifs is 1.